The van der Waals surface area contributed by atoms with Crippen molar-refractivity contribution >= 4 is 33.2 Å². The zero-order valence-corrected chi connectivity index (χ0v) is 20.6. The van der Waals surface area contributed by atoms with Crippen LogP contribution in [0.1, 0.15) is 31.7 Å². The van der Waals surface area contributed by atoms with Crippen LogP contribution in [0, 0.1) is 18.8 Å². The second kappa shape index (κ2) is 9.76. The number of benzene rings is 2. The van der Waals surface area contributed by atoms with Crippen molar-refractivity contribution < 1.29 is 22.7 Å². The minimum Gasteiger partial charge on any atom is -0.495 e. The van der Waals surface area contributed by atoms with E-state index in [1.54, 1.807) is 24.1 Å². The quantitative estimate of drug-likeness (QED) is 0.676. The number of sulfonamides is 1. The van der Waals surface area contributed by atoms with E-state index < -0.39 is 15.9 Å². The van der Waals surface area contributed by atoms with Crippen LogP contribution in [0.15, 0.2) is 47.4 Å². The molecule has 0 radical (unpaired) electrons. The zero-order valence-electron chi connectivity index (χ0n) is 19.8. The first kappa shape index (κ1) is 24.2. The number of rotatable bonds is 6. The van der Waals surface area contributed by atoms with Gasteiger partial charge in [-0.3, -0.25) is 9.59 Å². The van der Waals surface area contributed by atoms with Gasteiger partial charge in [0.15, 0.2) is 0 Å². The van der Waals surface area contributed by atoms with Crippen molar-refractivity contribution in [1.29, 1.82) is 0 Å². The van der Waals surface area contributed by atoms with Gasteiger partial charge in [-0.2, -0.15) is 4.31 Å². The molecule has 2 aromatic rings. The van der Waals surface area contributed by atoms with Crippen LogP contribution in [0.25, 0.3) is 0 Å². The third-order valence-corrected chi connectivity index (χ3v) is 8.38. The minimum absolute atomic E-state index is 0.0997. The maximum Gasteiger partial charge on any atom is 0.243 e. The fourth-order valence-corrected chi connectivity index (χ4v) is 6.19. The molecule has 4 rings (SSSR count). The van der Waals surface area contributed by atoms with E-state index >= 15 is 0 Å². The molecule has 182 valence electrons. The van der Waals surface area contributed by atoms with Crippen LogP contribution in [-0.4, -0.2) is 51.3 Å². The molecule has 1 N–H and O–H groups in total. The largest absolute Gasteiger partial charge is 0.495 e. The van der Waals surface area contributed by atoms with E-state index in [0.29, 0.717) is 36.1 Å². The van der Waals surface area contributed by atoms with Crippen molar-refractivity contribution in [2.24, 2.45) is 11.8 Å². The Balaban J connectivity index is 1.42. The number of hydrogen-bond donors (Lipinski definition) is 1. The molecule has 2 unspecified atom stereocenters. The van der Waals surface area contributed by atoms with Crippen LogP contribution < -0.4 is 15.0 Å². The summed E-state index contributed by atoms with van der Waals surface area (Å²) in [7, 11) is -2.00. The van der Waals surface area contributed by atoms with Gasteiger partial charge in [-0.15, -0.1) is 0 Å². The average Bonchev–Trinajstić information content (AvgIpc) is 3.21. The van der Waals surface area contributed by atoms with Crippen LogP contribution in [-0.2, 0) is 19.6 Å². The maximum atomic E-state index is 12.9. The topological polar surface area (TPSA) is 96.0 Å². The van der Waals surface area contributed by atoms with Crippen molar-refractivity contribution in [3.05, 3.63) is 48.0 Å². The molecule has 0 aromatic heterocycles. The van der Waals surface area contributed by atoms with Gasteiger partial charge in [0, 0.05) is 31.7 Å². The van der Waals surface area contributed by atoms with Gasteiger partial charge in [0.1, 0.15) is 5.75 Å². The van der Waals surface area contributed by atoms with E-state index in [1.807, 2.05) is 25.1 Å². The summed E-state index contributed by atoms with van der Waals surface area (Å²) in [5.41, 5.74) is 2.14. The van der Waals surface area contributed by atoms with Gasteiger partial charge in [0.05, 0.1) is 23.6 Å². The third kappa shape index (κ3) is 4.95. The van der Waals surface area contributed by atoms with Crippen molar-refractivity contribution in [2.45, 2.75) is 38.0 Å². The first-order valence-electron chi connectivity index (χ1n) is 11.5. The molecule has 2 atom stereocenters. The molecule has 2 heterocycles. The normalized spacial score (nSPS) is 21.5. The highest BCUT2D eigenvalue weighted by molar-refractivity contribution is 7.89. The highest BCUT2D eigenvalue weighted by atomic mass is 32.2. The number of carbonyl (C=O) groups excluding carboxylic acids is 2. The number of piperidine rings is 1. The molecular formula is C25H31N3O5S. The predicted octanol–water partition coefficient (Wildman–Crippen LogP) is 3.42. The Morgan fingerprint density at radius 2 is 1.85 bits per heavy atom. The highest BCUT2D eigenvalue weighted by Gasteiger charge is 2.36. The van der Waals surface area contributed by atoms with Gasteiger partial charge in [0.25, 0.3) is 0 Å². The molecule has 2 aliphatic rings. The lowest BCUT2D eigenvalue weighted by Gasteiger charge is -2.30. The van der Waals surface area contributed by atoms with Crippen LogP contribution in [0.2, 0.25) is 0 Å². The SMILES string of the molecule is COc1ccc(C)cc1N1CC(C(=O)Nc2ccc(S(=O)(=O)N3CCCC(C)C3)cc2)CC1=O. The number of amides is 2. The van der Waals surface area contributed by atoms with Crippen molar-refractivity contribution in [3.63, 3.8) is 0 Å². The summed E-state index contributed by atoms with van der Waals surface area (Å²) in [5.74, 6) is -0.00408. The standard InChI is InChI=1S/C25H31N3O5S/c1-17-6-11-23(33-3)22(13-17)28-16-19(14-24(28)29)25(30)26-20-7-9-21(10-8-20)34(31,32)27-12-4-5-18(2)15-27/h6-11,13,18-19H,4-5,12,14-16H2,1-3H3,(H,26,30). The minimum atomic E-state index is -3.55. The Labute approximate surface area is 200 Å². The molecule has 2 aromatic carbocycles. The number of carbonyl (C=O) groups is 2. The Morgan fingerprint density at radius 3 is 2.53 bits per heavy atom. The van der Waals surface area contributed by atoms with Gasteiger partial charge in [0.2, 0.25) is 21.8 Å². The number of anilines is 2. The summed E-state index contributed by atoms with van der Waals surface area (Å²) in [6, 6.07) is 11.8. The summed E-state index contributed by atoms with van der Waals surface area (Å²) < 4.78 is 32.8. The smallest absolute Gasteiger partial charge is 0.243 e. The number of ether oxygens (including phenoxy) is 1. The van der Waals surface area contributed by atoms with E-state index in [1.165, 1.54) is 16.4 Å². The monoisotopic (exact) mass is 485 g/mol. The maximum absolute atomic E-state index is 12.9. The number of nitrogens with zero attached hydrogens (tertiary/aromatic N) is 2. The Morgan fingerprint density at radius 1 is 1.12 bits per heavy atom. The molecule has 2 aliphatic heterocycles. The van der Waals surface area contributed by atoms with Crippen LogP contribution in [0.3, 0.4) is 0 Å². The summed E-state index contributed by atoms with van der Waals surface area (Å²) >= 11 is 0. The van der Waals surface area contributed by atoms with Crippen molar-refractivity contribution in [3.8, 4) is 5.75 Å². The van der Waals surface area contributed by atoms with Crippen LogP contribution in [0.4, 0.5) is 11.4 Å². The molecule has 2 saturated heterocycles. The van der Waals surface area contributed by atoms with E-state index in [4.69, 9.17) is 4.74 Å². The molecule has 0 saturated carbocycles. The fourth-order valence-electron chi connectivity index (χ4n) is 4.60. The second-order valence-electron chi connectivity index (χ2n) is 9.20. The van der Waals surface area contributed by atoms with Gasteiger partial charge in [-0.05, 0) is 67.6 Å². The van der Waals surface area contributed by atoms with Crippen LogP contribution in [0.5, 0.6) is 5.75 Å². The lowest BCUT2D eigenvalue weighted by atomic mass is 10.0. The Hall–Kier alpha value is -2.91. The highest BCUT2D eigenvalue weighted by Crippen LogP contribution is 2.34. The summed E-state index contributed by atoms with van der Waals surface area (Å²) in [6.07, 6.45) is 2.00. The lowest BCUT2D eigenvalue weighted by molar-refractivity contribution is -0.122. The van der Waals surface area contributed by atoms with Gasteiger partial charge in [-0.1, -0.05) is 13.0 Å². The number of aryl methyl sites for hydroxylation is 1. The molecule has 0 aliphatic carbocycles. The molecule has 0 bridgehead atoms. The van der Waals surface area contributed by atoms with Gasteiger partial charge in [-0.25, -0.2) is 8.42 Å². The first-order valence-corrected chi connectivity index (χ1v) is 13.0. The van der Waals surface area contributed by atoms with Crippen molar-refractivity contribution in [2.75, 3.05) is 37.0 Å². The Bertz CT molecular complexity index is 1180. The van der Waals surface area contributed by atoms with E-state index in [9.17, 15) is 18.0 Å². The van der Waals surface area contributed by atoms with Crippen molar-refractivity contribution in [1.82, 2.24) is 4.31 Å². The summed E-state index contributed by atoms with van der Waals surface area (Å²) in [4.78, 5) is 27.3. The second-order valence-corrected chi connectivity index (χ2v) is 11.1. The van der Waals surface area contributed by atoms with E-state index in [2.05, 4.69) is 12.2 Å². The van der Waals surface area contributed by atoms with Crippen LogP contribution >= 0.6 is 0 Å². The first-order chi connectivity index (χ1) is 16.2. The van der Waals surface area contributed by atoms with E-state index in [-0.39, 0.29) is 29.7 Å². The molecular weight excluding hydrogens is 454 g/mol. The average molecular weight is 486 g/mol. The molecule has 9 heteroatoms. The number of methoxy groups -OCH3 is 1. The summed E-state index contributed by atoms with van der Waals surface area (Å²) in [6.45, 7) is 5.31. The third-order valence-electron chi connectivity index (χ3n) is 6.50. The molecule has 2 amide bonds. The summed E-state index contributed by atoms with van der Waals surface area (Å²) in [5, 5.41) is 2.82. The lowest BCUT2D eigenvalue weighted by Crippen LogP contribution is -2.39. The molecule has 34 heavy (non-hydrogen) atoms. The number of hydrogen-bond acceptors (Lipinski definition) is 5. The van der Waals surface area contributed by atoms with E-state index in [0.717, 1.165) is 18.4 Å². The zero-order chi connectivity index (χ0) is 24.5. The fraction of sp³-hybridized carbons (Fsp3) is 0.440. The predicted molar refractivity (Wildman–Crippen MR) is 130 cm³/mol. The molecule has 0 spiro atoms. The number of nitrogens with one attached hydrogen (secondary N) is 1. The molecule has 2 fully saturated rings. The Kier molecular flexibility index (Phi) is 6.95. The van der Waals surface area contributed by atoms with Gasteiger partial charge >= 0.3 is 0 Å². The van der Waals surface area contributed by atoms with Gasteiger partial charge < -0.3 is 15.0 Å². The molecule has 8 nitrogen and oxygen atoms in total.